The lowest BCUT2D eigenvalue weighted by atomic mass is 9.96. The molecular weight excluding hydrogens is 254 g/mol. The lowest BCUT2D eigenvalue weighted by Crippen LogP contribution is -2.43. The smallest absolute Gasteiger partial charge is 0.0959 e. The summed E-state index contributed by atoms with van der Waals surface area (Å²) in [5.41, 5.74) is 1.05. The highest BCUT2D eigenvalue weighted by molar-refractivity contribution is 7.99. The van der Waals surface area contributed by atoms with Crippen LogP contribution in [0.3, 0.4) is 0 Å². The van der Waals surface area contributed by atoms with Crippen LogP contribution in [0.2, 0.25) is 0 Å². The Hall–Kier alpha value is -1.03. The Labute approximate surface area is 118 Å². The van der Waals surface area contributed by atoms with E-state index in [-0.39, 0.29) is 6.04 Å². The Bertz CT molecular complexity index is 566. The Morgan fingerprint density at radius 2 is 2.00 bits per heavy atom. The highest BCUT2D eigenvalue weighted by atomic mass is 32.2. The molecule has 2 aromatic carbocycles. The minimum absolute atomic E-state index is 0.213. The van der Waals surface area contributed by atoms with Crippen LogP contribution in [0.5, 0.6) is 0 Å². The number of hydrogen-bond donors (Lipinski definition) is 1. The number of benzene rings is 2. The molecule has 0 amide bonds. The molecule has 1 aliphatic heterocycles. The third kappa shape index (κ3) is 2.50. The van der Waals surface area contributed by atoms with Crippen LogP contribution in [0.1, 0.15) is 11.7 Å². The van der Waals surface area contributed by atoms with E-state index in [4.69, 9.17) is 0 Å². The van der Waals surface area contributed by atoms with Crippen molar-refractivity contribution in [2.45, 2.75) is 12.1 Å². The minimum atomic E-state index is -0.413. The van der Waals surface area contributed by atoms with Crippen LogP contribution in [0.15, 0.2) is 42.5 Å². The van der Waals surface area contributed by atoms with Crippen molar-refractivity contribution in [1.29, 1.82) is 0 Å². The molecule has 1 saturated heterocycles. The van der Waals surface area contributed by atoms with E-state index < -0.39 is 6.10 Å². The minimum Gasteiger partial charge on any atom is -0.387 e. The molecule has 0 aliphatic carbocycles. The van der Waals surface area contributed by atoms with Gasteiger partial charge in [0.05, 0.1) is 6.10 Å². The first kappa shape index (κ1) is 13.0. The number of fused-ring (bicyclic) bond motifs is 1. The summed E-state index contributed by atoms with van der Waals surface area (Å²) in [7, 11) is 2.11. The van der Waals surface area contributed by atoms with Gasteiger partial charge in [-0.2, -0.15) is 11.8 Å². The van der Waals surface area contributed by atoms with E-state index in [0.717, 1.165) is 23.6 Å². The molecule has 2 aromatic rings. The van der Waals surface area contributed by atoms with Gasteiger partial charge >= 0.3 is 0 Å². The lowest BCUT2D eigenvalue weighted by Gasteiger charge is -2.35. The summed E-state index contributed by atoms with van der Waals surface area (Å²) < 4.78 is 0. The van der Waals surface area contributed by atoms with E-state index in [1.54, 1.807) is 0 Å². The standard InChI is InChI=1S/C16H19NOS/c1-17-9-10-19-11-15(17)16(18)14-8-4-6-12-5-2-3-7-13(12)14/h2-8,15-16,18H,9-11H2,1H3. The highest BCUT2D eigenvalue weighted by Gasteiger charge is 2.28. The molecule has 0 radical (unpaired) electrons. The van der Waals surface area contributed by atoms with Crippen molar-refractivity contribution < 1.29 is 5.11 Å². The van der Waals surface area contributed by atoms with Crippen molar-refractivity contribution in [2.24, 2.45) is 0 Å². The fraction of sp³-hybridized carbons (Fsp3) is 0.375. The van der Waals surface area contributed by atoms with Crippen LogP contribution in [0, 0.1) is 0 Å². The van der Waals surface area contributed by atoms with E-state index in [1.807, 2.05) is 30.0 Å². The van der Waals surface area contributed by atoms with Crippen molar-refractivity contribution >= 4 is 22.5 Å². The van der Waals surface area contributed by atoms with Gasteiger partial charge in [0.1, 0.15) is 0 Å². The maximum Gasteiger partial charge on any atom is 0.0959 e. The predicted octanol–water partition coefficient (Wildman–Crippen LogP) is 2.92. The lowest BCUT2D eigenvalue weighted by molar-refractivity contribution is 0.0769. The van der Waals surface area contributed by atoms with E-state index >= 15 is 0 Å². The quantitative estimate of drug-likeness (QED) is 0.910. The summed E-state index contributed by atoms with van der Waals surface area (Å²) in [5, 5.41) is 13.1. The van der Waals surface area contributed by atoms with Crippen molar-refractivity contribution in [2.75, 3.05) is 25.1 Å². The summed E-state index contributed by atoms with van der Waals surface area (Å²) in [4.78, 5) is 2.28. The van der Waals surface area contributed by atoms with Crippen LogP contribution in [0.4, 0.5) is 0 Å². The zero-order valence-corrected chi connectivity index (χ0v) is 11.9. The van der Waals surface area contributed by atoms with Gasteiger partial charge in [-0.05, 0) is 23.4 Å². The Morgan fingerprint density at radius 1 is 1.21 bits per heavy atom. The van der Waals surface area contributed by atoms with Gasteiger partial charge in [-0.25, -0.2) is 0 Å². The first-order valence-corrected chi connectivity index (χ1v) is 7.86. The highest BCUT2D eigenvalue weighted by Crippen LogP contribution is 2.31. The van der Waals surface area contributed by atoms with Gasteiger partial charge in [0.15, 0.2) is 0 Å². The average Bonchev–Trinajstić information content (AvgIpc) is 2.46. The van der Waals surface area contributed by atoms with Crippen LogP contribution in [-0.2, 0) is 0 Å². The largest absolute Gasteiger partial charge is 0.387 e. The summed E-state index contributed by atoms with van der Waals surface area (Å²) in [6.07, 6.45) is -0.413. The number of aliphatic hydroxyl groups is 1. The fourth-order valence-corrected chi connectivity index (χ4v) is 4.02. The topological polar surface area (TPSA) is 23.5 Å². The van der Waals surface area contributed by atoms with Crippen LogP contribution in [-0.4, -0.2) is 41.1 Å². The zero-order chi connectivity index (χ0) is 13.2. The van der Waals surface area contributed by atoms with Gasteiger partial charge in [-0.15, -0.1) is 0 Å². The second-order valence-corrected chi connectivity index (χ2v) is 6.29. The molecule has 1 heterocycles. The van der Waals surface area contributed by atoms with Gasteiger partial charge in [-0.1, -0.05) is 42.5 Å². The molecule has 3 heteroatoms. The second-order valence-electron chi connectivity index (χ2n) is 5.14. The Morgan fingerprint density at radius 3 is 2.84 bits per heavy atom. The van der Waals surface area contributed by atoms with E-state index in [9.17, 15) is 5.11 Å². The second kappa shape index (κ2) is 5.53. The number of hydrogen-bond acceptors (Lipinski definition) is 3. The molecule has 2 atom stereocenters. The number of nitrogens with zero attached hydrogens (tertiary/aromatic N) is 1. The molecule has 1 N–H and O–H groups in total. The molecule has 0 bridgehead atoms. The Balaban J connectivity index is 1.99. The summed E-state index contributed by atoms with van der Waals surface area (Å²) in [6, 6.07) is 14.7. The van der Waals surface area contributed by atoms with Gasteiger partial charge in [0.2, 0.25) is 0 Å². The molecule has 1 fully saturated rings. The predicted molar refractivity (Wildman–Crippen MR) is 82.7 cm³/mol. The first-order chi connectivity index (χ1) is 9.27. The normalized spacial score (nSPS) is 22.5. The fourth-order valence-electron chi connectivity index (χ4n) is 2.75. The molecule has 2 unspecified atom stereocenters. The van der Waals surface area contributed by atoms with Gasteiger partial charge in [0.25, 0.3) is 0 Å². The van der Waals surface area contributed by atoms with Gasteiger partial charge in [-0.3, -0.25) is 4.90 Å². The van der Waals surface area contributed by atoms with E-state index in [1.165, 1.54) is 10.8 Å². The molecule has 1 aliphatic rings. The third-order valence-electron chi connectivity index (χ3n) is 3.95. The summed E-state index contributed by atoms with van der Waals surface area (Å²) >= 11 is 1.93. The molecule has 0 saturated carbocycles. The number of thioether (sulfide) groups is 1. The molecule has 100 valence electrons. The van der Waals surface area contributed by atoms with Gasteiger partial charge in [0, 0.05) is 24.1 Å². The molecule has 3 rings (SSSR count). The number of rotatable bonds is 2. The van der Waals surface area contributed by atoms with E-state index in [0.29, 0.717) is 0 Å². The van der Waals surface area contributed by atoms with Gasteiger partial charge < -0.3 is 5.11 Å². The zero-order valence-electron chi connectivity index (χ0n) is 11.1. The van der Waals surface area contributed by atoms with E-state index in [2.05, 4.69) is 36.2 Å². The Kier molecular flexibility index (Phi) is 3.78. The van der Waals surface area contributed by atoms with Crippen LogP contribution >= 0.6 is 11.8 Å². The summed E-state index contributed by atoms with van der Waals surface area (Å²) in [5.74, 6) is 2.16. The maximum absolute atomic E-state index is 10.8. The molecule has 2 nitrogen and oxygen atoms in total. The molecule has 0 aromatic heterocycles. The molecular formula is C16H19NOS. The molecule has 0 spiro atoms. The number of aliphatic hydroxyl groups excluding tert-OH is 1. The monoisotopic (exact) mass is 273 g/mol. The average molecular weight is 273 g/mol. The van der Waals surface area contributed by atoms with Crippen molar-refractivity contribution in [3.63, 3.8) is 0 Å². The SMILES string of the molecule is CN1CCSCC1C(O)c1cccc2ccccc12. The van der Waals surface area contributed by atoms with Crippen molar-refractivity contribution in [3.05, 3.63) is 48.0 Å². The summed E-state index contributed by atoms with van der Waals surface area (Å²) in [6.45, 7) is 1.05. The third-order valence-corrected chi connectivity index (χ3v) is 5.00. The maximum atomic E-state index is 10.8. The van der Waals surface area contributed by atoms with Crippen molar-refractivity contribution in [3.8, 4) is 0 Å². The van der Waals surface area contributed by atoms with Crippen molar-refractivity contribution in [1.82, 2.24) is 4.90 Å². The molecule has 19 heavy (non-hydrogen) atoms. The van der Waals surface area contributed by atoms with Crippen LogP contribution in [0.25, 0.3) is 10.8 Å². The first-order valence-electron chi connectivity index (χ1n) is 6.71. The number of likely N-dealkylation sites (N-methyl/N-ethyl adjacent to an activating group) is 1. The van der Waals surface area contributed by atoms with Crippen LogP contribution < -0.4 is 0 Å².